The van der Waals surface area contributed by atoms with Gasteiger partial charge >= 0.3 is 0 Å². The van der Waals surface area contributed by atoms with Crippen molar-refractivity contribution >= 4 is 15.7 Å². The van der Waals surface area contributed by atoms with Crippen LogP contribution in [0.15, 0.2) is 53.4 Å². The van der Waals surface area contributed by atoms with E-state index in [-0.39, 0.29) is 17.7 Å². The summed E-state index contributed by atoms with van der Waals surface area (Å²) >= 11 is 0. The highest BCUT2D eigenvalue weighted by molar-refractivity contribution is 7.91. The fourth-order valence-corrected chi connectivity index (χ4v) is 4.67. The molecule has 1 aliphatic rings. The molecule has 1 saturated heterocycles. The van der Waals surface area contributed by atoms with E-state index in [0.29, 0.717) is 31.0 Å². The van der Waals surface area contributed by atoms with Crippen molar-refractivity contribution in [3.05, 3.63) is 65.2 Å². The normalized spacial score (nSPS) is 17.5. The third-order valence-corrected chi connectivity index (χ3v) is 7.60. The molecule has 156 valence electrons. The van der Waals surface area contributed by atoms with Gasteiger partial charge in [-0.3, -0.25) is 4.79 Å². The molecule has 1 aliphatic heterocycles. The Morgan fingerprint density at radius 3 is 2.21 bits per heavy atom. The van der Waals surface area contributed by atoms with Gasteiger partial charge in [0.2, 0.25) is 5.91 Å². The predicted octanol–water partition coefficient (Wildman–Crippen LogP) is 3.71. The lowest BCUT2D eigenvalue weighted by Gasteiger charge is -2.37. The first-order valence-corrected chi connectivity index (χ1v) is 11.7. The Morgan fingerprint density at radius 1 is 1.07 bits per heavy atom. The fourth-order valence-electron chi connectivity index (χ4n) is 3.79. The zero-order valence-corrected chi connectivity index (χ0v) is 18.1. The summed E-state index contributed by atoms with van der Waals surface area (Å²) in [7, 11) is -3.23. The van der Waals surface area contributed by atoms with E-state index in [4.69, 9.17) is 4.74 Å². The van der Waals surface area contributed by atoms with Crippen LogP contribution in [0, 0.1) is 6.92 Å². The minimum Gasteiger partial charge on any atom is -0.381 e. The summed E-state index contributed by atoms with van der Waals surface area (Å²) in [5.41, 5.74) is 2.44. The monoisotopic (exact) mass is 415 g/mol. The van der Waals surface area contributed by atoms with Crippen LogP contribution in [-0.4, -0.2) is 33.3 Å². The van der Waals surface area contributed by atoms with E-state index < -0.39 is 15.3 Å². The first-order valence-electron chi connectivity index (χ1n) is 10.1. The lowest BCUT2D eigenvalue weighted by Crippen LogP contribution is -2.48. The van der Waals surface area contributed by atoms with Crippen LogP contribution in [0.3, 0.4) is 0 Å². The number of benzene rings is 2. The molecule has 0 radical (unpaired) electrons. The zero-order chi connectivity index (χ0) is 21.1. The van der Waals surface area contributed by atoms with E-state index >= 15 is 0 Å². The number of nitrogens with one attached hydrogen (secondary N) is 1. The van der Waals surface area contributed by atoms with Crippen LogP contribution in [0.2, 0.25) is 0 Å². The topological polar surface area (TPSA) is 72.5 Å². The maximum Gasteiger partial charge on any atom is 0.231 e. The van der Waals surface area contributed by atoms with Crippen molar-refractivity contribution in [1.29, 1.82) is 0 Å². The molecule has 1 atom stereocenters. The van der Waals surface area contributed by atoms with Crippen LogP contribution in [0.1, 0.15) is 49.4 Å². The summed E-state index contributed by atoms with van der Waals surface area (Å²) in [4.78, 5) is 13.7. The maximum absolute atomic E-state index is 13.4. The summed E-state index contributed by atoms with van der Waals surface area (Å²) in [6.07, 6.45) is 1.28. The molecule has 1 unspecified atom stereocenters. The van der Waals surface area contributed by atoms with Gasteiger partial charge < -0.3 is 10.1 Å². The molecule has 0 aromatic heterocycles. The van der Waals surface area contributed by atoms with Crippen LogP contribution in [0.5, 0.6) is 0 Å². The summed E-state index contributed by atoms with van der Waals surface area (Å²) in [5, 5.41) is 3.15. The van der Waals surface area contributed by atoms with Gasteiger partial charge in [-0.2, -0.15) is 0 Å². The molecular formula is C23H29NO4S. The van der Waals surface area contributed by atoms with Crippen molar-refractivity contribution in [3.8, 4) is 0 Å². The fraction of sp³-hybridized carbons (Fsp3) is 0.435. The summed E-state index contributed by atoms with van der Waals surface area (Å²) in [6, 6.07) is 14.7. The third kappa shape index (κ3) is 4.54. The molecule has 29 heavy (non-hydrogen) atoms. The van der Waals surface area contributed by atoms with E-state index in [9.17, 15) is 13.2 Å². The number of sulfone groups is 1. The Hall–Kier alpha value is -2.18. The van der Waals surface area contributed by atoms with Gasteiger partial charge in [0.1, 0.15) is 0 Å². The molecule has 6 heteroatoms. The summed E-state index contributed by atoms with van der Waals surface area (Å²) < 4.78 is 29.5. The van der Waals surface area contributed by atoms with Crippen molar-refractivity contribution in [1.82, 2.24) is 5.32 Å². The van der Waals surface area contributed by atoms with Gasteiger partial charge in [-0.05, 0) is 49.9 Å². The van der Waals surface area contributed by atoms with Crippen molar-refractivity contribution in [2.45, 2.75) is 50.0 Å². The number of ether oxygens (including phenoxy) is 1. The Labute approximate surface area is 173 Å². The number of amides is 1. The zero-order valence-electron chi connectivity index (χ0n) is 17.3. The third-order valence-electron chi connectivity index (χ3n) is 5.85. The summed E-state index contributed by atoms with van der Waals surface area (Å²) in [5.74, 6) is 0.0576. The molecule has 1 amide bonds. The molecule has 0 aliphatic carbocycles. The van der Waals surface area contributed by atoms with Crippen LogP contribution in [0.25, 0.3) is 0 Å². The second kappa shape index (κ2) is 8.67. The van der Waals surface area contributed by atoms with Crippen molar-refractivity contribution < 1.29 is 17.9 Å². The van der Waals surface area contributed by atoms with Crippen molar-refractivity contribution in [3.63, 3.8) is 0 Å². The first kappa shape index (κ1) is 21.5. The van der Waals surface area contributed by atoms with Gasteiger partial charge in [-0.25, -0.2) is 8.42 Å². The standard InChI is InChI=1S/C23H29NO4S/c1-4-29(26,27)21-11-7-19(8-12-21)18(3)24-22(25)23(13-15-28-16-14-23)20-9-5-17(2)6-10-20/h5-12,18H,4,13-16H2,1-3H3,(H,24,25). The lowest BCUT2D eigenvalue weighted by molar-refractivity contribution is -0.131. The average molecular weight is 416 g/mol. The van der Waals surface area contributed by atoms with Crippen molar-refractivity contribution in [2.24, 2.45) is 0 Å². The molecule has 2 aromatic rings. The van der Waals surface area contributed by atoms with Crippen LogP contribution >= 0.6 is 0 Å². The second-order valence-electron chi connectivity index (χ2n) is 7.73. The SMILES string of the molecule is CCS(=O)(=O)c1ccc(C(C)NC(=O)C2(c3ccc(C)cc3)CCOCC2)cc1. The van der Waals surface area contributed by atoms with Crippen molar-refractivity contribution in [2.75, 3.05) is 19.0 Å². The van der Waals surface area contributed by atoms with E-state index in [2.05, 4.69) is 5.32 Å². The van der Waals surface area contributed by atoms with E-state index in [0.717, 1.165) is 16.7 Å². The predicted molar refractivity (Wildman–Crippen MR) is 114 cm³/mol. The van der Waals surface area contributed by atoms with Gasteiger partial charge in [-0.1, -0.05) is 48.9 Å². The maximum atomic E-state index is 13.4. The Balaban J connectivity index is 1.81. The van der Waals surface area contributed by atoms with E-state index in [1.165, 1.54) is 0 Å². The Bertz CT molecular complexity index is 943. The molecule has 2 aromatic carbocycles. The number of hydrogen-bond acceptors (Lipinski definition) is 4. The highest BCUT2D eigenvalue weighted by Gasteiger charge is 2.42. The van der Waals surface area contributed by atoms with Crippen LogP contribution in [-0.2, 0) is 24.8 Å². The molecule has 3 rings (SSSR count). The minimum atomic E-state index is -3.23. The number of carbonyl (C=O) groups is 1. The Kier molecular flexibility index (Phi) is 6.44. The number of rotatable bonds is 6. The van der Waals surface area contributed by atoms with Gasteiger partial charge in [0.15, 0.2) is 9.84 Å². The smallest absolute Gasteiger partial charge is 0.231 e. The largest absolute Gasteiger partial charge is 0.381 e. The second-order valence-corrected chi connectivity index (χ2v) is 10.0. The molecule has 1 N–H and O–H groups in total. The molecule has 0 bridgehead atoms. The first-order chi connectivity index (χ1) is 13.8. The van der Waals surface area contributed by atoms with E-state index in [1.807, 2.05) is 38.1 Å². The molecule has 0 spiro atoms. The van der Waals surface area contributed by atoms with Crippen LogP contribution in [0.4, 0.5) is 0 Å². The molecule has 1 heterocycles. The van der Waals surface area contributed by atoms with Crippen LogP contribution < -0.4 is 5.32 Å². The quantitative estimate of drug-likeness (QED) is 0.781. The lowest BCUT2D eigenvalue weighted by atomic mass is 9.73. The van der Waals surface area contributed by atoms with Gasteiger partial charge in [0.25, 0.3) is 0 Å². The molecular weight excluding hydrogens is 386 g/mol. The number of aryl methyl sites for hydroxylation is 1. The Morgan fingerprint density at radius 2 is 1.66 bits per heavy atom. The molecule has 5 nitrogen and oxygen atoms in total. The van der Waals surface area contributed by atoms with Gasteiger partial charge in [0, 0.05) is 13.2 Å². The number of hydrogen-bond donors (Lipinski definition) is 1. The number of carbonyl (C=O) groups excluding carboxylic acids is 1. The molecule has 1 fully saturated rings. The highest BCUT2D eigenvalue weighted by Crippen LogP contribution is 2.36. The molecule has 0 saturated carbocycles. The average Bonchev–Trinajstić information content (AvgIpc) is 2.74. The van der Waals surface area contributed by atoms with Gasteiger partial charge in [-0.15, -0.1) is 0 Å². The van der Waals surface area contributed by atoms with Gasteiger partial charge in [0.05, 0.1) is 22.1 Å². The highest BCUT2D eigenvalue weighted by atomic mass is 32.2. The summed E-state index contributed by atoms with van der Waals surface area (Å²) in [6.45, 7) is 6.69. The van der Waals surface area contributed by atoms with E-state index in [1.54, 1.807) is 31.2 Å². The minimum absolute atomic E-state index is 0.0117.